The van der Waals surface area contributed by atoms with E-state index in [1.807, 2.05) is 24.0 Å². The van der Waals surface area contributed by atoms with Gasteiger partial charge >= 0.3 is 0 Å². The summed E-state index contributed by atoms with van der Waals surface area (Å²) >= 11 is 1.67. The molecule has 1 aliphatic heterocycles. The maximum absolute atomic E-state index is 4.52. The molecule has 0 spiro atoms. The number of rotatable bonds is 4. The van der Waals surface area contributed by atoms with Crippen molar-refractivity contribution in [1.82, 2.24) is 34.8 Å². The second-order valence-electron chi connectivity index (χ2n) is 5.80. The van der Waals surface area contributed by atoms with Gasteiger partial charge in [-0.05, 0) is 32.9 Å². The predicted molar refractivity (Wildman–Crippen MR) is 95.6 cm³/mol. The lowest BCUT2D eigenvalue weighted by Crippen LogP contribution is -2.29. The lowest BCUT2D eigenvalue weighted by molar-refractivity contribution is 0.337. The molecule has 0 saturated carbocycles. The fourth-order valence-electron chi connectivity index (χ4n) is 2.95. The van der Waals surface area contributed by atoms with Gasteiger partial charge in [0.2, 0.25) is 0 Å². The summed E-state index contributed by atoms with van der Waals surface area (Å²) in [6.45, 7) is 4.81. The maximum atomic E-state index is 4.52. The summed E-state index contributed by atoms with van der Waals surface area (Å²) in [5.41, 5.74) is 1.87. The van der Waals surface area contributed by atoms with E-state index in [4.69, 9.17) is 0 Å². The number of aryl methyl sites for hydroxylation is 1. The fourth-order valence-corrected chi connectivity index (χ4v) is 3.56. The van der Waals surface area contributed by atoms with Crippen molar-refractivity contribution in [2.75, 3.05) is 13.1 Å². The van der Waals surface area contributed by atoms with Crippen LogP contribution in [0.4, 0.5) is 0 Å². The highest BCUT2D eigenvalue weighted by Gasteiger charge is 2.18. The zero-order valence-electron chi connectivity index (χ0n) is 13.4. The Morgan fingerprint density at radius 1 is 1.33 bits per heavy atom. The van der Waals surface area contributed by atoms with Crippen molar-refractivity contribution in [3.63, 3.8) is 0 Å². The molecule has 0 unspecified atom stereocenters. The lowest BCUT2D eigenvalue weighted by atomic mass is 10.1. The number of imidazole rings is 1. The van der Waals surface area contributed by atoms with Crippen molar-refractivity contribution in [2.45, 2.75) is 32.4 Å². The van der Waals surface area contributed by atoms with Gasteiger partial charge < -0.3 is 9.88 Å². The van der Waals surface area contributed by atoms with Gasteiger partial charge in [0.25, 0.3) is 0 Å². The molecule has 0 radical (unpaired) electrons. The summed E-state index contributed by atoms with van der Waals surface area (Å²) in [6.07, 6.45) is 7.97. The molecule has 1 aliphatic rings. The van der Waals surface area contributed by atoms with E-state index in [0.29, 0.717) is 12.6 Å². The van der Waals surface area contributed by atoms with E-state index in [2.05, 4.69) is 35.5 Å². The first-order chi connectivity index (χ1) is 11.3. The summed E-state index contributed by atoms with van der Waals surface area (Å²) in [5, 5.41) is 15.2. The predicted octanol–water partition coefficient (Wildman–Crippen LogP) is 2.30. The van der Waals surface area contributed by atoms with Crippen LogP contribution in [0.2, 0.25) is 0 Å². The highest BCUT2D eigenvalue weighted by Crippen LogP contribution is 2.21. The second kappa shape index (κ2) is 7.42. The van der Waals surface area contributed by atoms with Crippen LogP contribution in [0.1, 0.15) is 29.6 Å². The van der Waals surface area contributed by atoms with Gasteiger partial charge in [-0.25, -0.2) is 14.6 Å². The Kier molecular flexibility index (Phi) is 5.27. The van der Waals surface area contributed by atoms with Gasteiger partial charge in [0.1, 0.15) is 5.69 Å². The van der Waals surface area contributed by atoms with Crippen LogP contribution in [0.15, 0.2) is 24.0 Å². The first kappa shape index (κ1) is 17.1. The summed E-state index contributed by atoms with van der Waals surface area (Å²) in [7, 11) is 0. The molecular formula is C15H20ClN7S. The number of hydrogen-bond donors (Lipinski definition) is 1. The van der Waals surface area contributed by atoms with Gasteiger partial charge in [0, 0.05) is 17.8 Å². The summed E-state index contributed by atoms with van der Waals surface area (Å²) < 4.78 is 4.06. The van der Waals surface area contributed by atoms with Gasteiger partial charge in [-0.2, -0.15) is 0 Å². The molecule has 1 saturated heterocycles. The Morgan fingerprint density at radius 3 is 2.92 bits per heavy atom. The molecule has 0 bridgehead atoms. The maximum Gasteiger partial charge on any atom is 0.162 e. The van der Waals surface area contributed by atoms with Crippen LogP contribution in [0.3, 0.4) is 0 Å². The number of thiazole rings is 1. The van der Waals surface area contributed by atoms with Crippen molar-refractivity contribution >= 4 is 23.7 Å². The lowest BCUT2D eigenvalue weighted by Gasteiger charge is -2.22. The van der Waals surface area contributed by atoms with Crippen LogP contribution >= 0.6 is 23.7 Å². The van der Waals surface area contributed by atoms with Crippen molar-refractivity contribution < 1.29 is 0 Å². The van der Waals surface area contributed by atoms with Gasteiger partial charge in [0.05, 0.1) is 29.5 Å². The molecule has 128 valence electrons. The zero-order chi connectivity index (χ0) is 15.6. The minimum atomic E-state index is 0. The third-order valence-electron chi connectivity index (χ3n) is 4.14. The first-order valence-electron chi connectivity index (χ1n) is 7.84. The number of piperidine rings is 1. The molecular weight excluding hydrogens is 346 g/mol. The number of nitrogens with zero attached hydrogens (tertiary/aromatic N) is 6. The molecule has 3 aromatic heterocycles. The van der Waals surface area contributed by atoms with E-state index in [1.165, 1.54) is 0 Å². The number of halogens is 1. The van der Waals surface area contributed by atoms with Crippen molar-refractivity contribution in [1.29, 1.82) is 0 Å². The van der Waals surface area contributed by atoms with E-state index >= 15 is 0 Å². The Morgan fingerprint density at radius 2 is 2.17 bits per heavy atom. The molecule has 0 aliphatic carbocycles. The third kappa shape index (κ3) is 3.50. The second-order valence-corrected chi connectivity index (χ2v) is 6.86. The molecule has 7 nitrogen and oxygen atoms in total. The number of aromatic nitrogens is 6. The highest BCUT2D eigenvalue weighted by atomic mass is 35.5. The molecule has 3 aromatic rings. The number of nitrogens with one attached hydrogen (secondary N) is 1. The van der Waals surface area contributed by atoms with Crippen LogP contribution in [0.5, 0.6) is 0 Å². The minimum absolute atomic E-state index is 0. The van der Waals surface area contributed by atoms with Crippen LogP contribution in [-0.4, -0.2) is 42.6 Å². The van der Waals surface area contributed by atoms with E-state index in [-0.39, 0.29) is 12.4 Å². The standard InChI is InChI=1S/C15H19N7S.ClH/c1-11-18-12(10-23-11)8-21-7-6-17-15(21)14-9-22(20-19-14)13-2-4-16-5-3-13;/h6-7,9-10,13,16H,2-5,8H2,1H3;1H. The fraction of sp³-hybridized carbons (Fsp3) is 0.467. The van der Waals surface area contributed by atoms with Crippen molar-refractivity contribution in [2.24, 2.45) is 0 Å². The van der Waals surface area contributed by atoms with E-state index in [1.54, 1.807) is 17.5 Å². The Hall–Kier alpha value is -1.77. The average molecular weight is 366 g/mol. The van der Waals surface area contributed by atoms with Crippen LogP contribution in [0.25, 0.3) is 11.5 Å². The molecule has 9 heteroatoms. The average Bonchev–Trinajstić information content (AvgIpc) is 3.29. The minimum Gasteiger partial charge on any atom is -0.324 e. The molecule has 4 heterocycles. The van der Waals surface area contributed by atoms with Gasteiger partial charge in [-0.3, -0.25) is 0 Å². The van der Waals surface area contributed by atoms with E-state index in [0.717, 1.165) is 48.2 Å². The normalized spacial score (nSPS) is 15.4. The quantitative estimate of drug-likeness (QED) is 0.768. The summed E-state index contributed by atoms with van der Waals surface area (Å²) in [4.78, 5) is 8.98. The largest absolute Gasteiger partial charge is 0.324 e. The summed E-state index contributed by atoms with van der Waals surface area (Å²) in [5.74, 6) is 0.843. The monoisotopic (exact) mass is 365 g/mol. The molecule has 0 atom stereocenters. The van der Waals surface area contributed by atoms with Gasteiger partial charge in [-0.15, -0.1) is 28.8 Å². The van der Waals surface area contributed by atoms with Crippen molar-refractivity contribution in [3.8, 4) is 11.5 Å². The number of hydrogen-bond acceptors (Lipinski definition) is 6. The van der Waals surface area contributed by atoms with Crippen molar-refractivity contribution in [3.05, 3.63) is 34.7 Å². The molecule has 1 N–H and O–H groups in total. The van der Waals surface area contributed by atoms with Gasteiger partial charge in [0.15, 0.2) is 5.82 Å². The molecule has 24 heavy (non-hydrogen) atoms. The third-order valence-corrected chi connectivity index (χ3v) is 4.96. The Balaban J connectivity index is 0.00000169. The van der Waals surface area contributed by atoms with Crippen LogP contribution < -0.4 is 5.32 Å². The first-order valence-corrected chi connectivity index (χ1v) is 8.72. The summed E-state index contributed by atoms with van der Waals surface area (Å²) in [6, 6.07) is 0.433. The van der Waals surface area contributed by atoms with E-state index in [9.17, 15) is 0 Å². The Bertz CT molecular complexity index is 787. The zero-order valence-corrected chi connectivity index (χ0v) is 15.1. The van der Waals surface area contributed by atoms with Gasteiger partial charge in [-0.1, -0.05) is 5.21 Å². The Labute approximate surface area is 150 Å². The highest BCUT2D eigenvalue weighted by molar-refractivity contribution is 7.09. The SMILES string of the molecule is Cc1nc(Cn2ccnc2-c2cn(C3CCNCC3)nn2)cs1.Cl. The molecule has 0 amide bonds. The van der Waals surface area contributed by atoms with E-state index < -0.39 is 0 Å². The van der Waals surface area contributed by atoms with Crippen LogP contribution in [-0.2, 0) is 6.54 Å². The molecule has 4 rings (SSSR count). The van der Waals surface area contributed by atoms with Crippen LogP contribution in [0, 0.1) is 6.92 Å². The smallest absolute Gasteiger partial charge is 0.162 e. The molecule has 1 fully saturated rings. The molecule has 0 aromatic carbocycles. The topological polar surface area (TPSA) is 73.5 Å².